The van der Waals surface area contributed by atoms with Gasteiger partial charge in [-0.1, -0.05) is 60.2 Å². The smallest absolute Gasteiger partial charge is 0.471 e. The number of halogens is 3. The normalized spacial score (nSPS) is 14.8. The summed E-state index contributed by atoms with van der Waals surface area (Å²) in [7, 11) is -3.80. The van der Waals surface area contributed by atoms with E-state index in [1.54, 1.807) is 132 Å². The van der Waals surface area contributed by atoms with Gasteiger partial charge in [0.2, 0.25) is 15.7 Å². The summed E-state index contributed by atoms with van der Waals surface area (Å²) in [5.74, 6) is -2.59. The van der Waals surface area contributed by atoms with E-state index < -0.39 is 58.0 Å². The number of aromatic nitrogens is 6. The van der Waals surface area contributed by atoms with Crippen LogP contribution in [0.15, 0.2) is 214 Å². The summed E-state index contributed by atoms with van der Waals surface area (Å²) < 4.78 is 81.9. The number of ether oxygens (including phenoxy) is 3. The number of alkyl halides is 3. The first-order chi connectivity index (χ1) is 49.6. The summed E-state index contributed by atoms with van der Waals surface area (Å²) in [4.78, 5) is 79.1. The minimum atomic E-state index is -5.07. The summed E-state index contributed by atoms with van der Waals surface area (Å²) in [5, 5.41) is 49.3. The van der Waals surface area contributed by atoms with Crippen LogP contribution >= 0.6 is 0 Å². The zero-order valence-corrected chi connectivity index (χ0v) is 57.8. The number of hydrogen-bond donors (Lipinski definition) is 5. The van der Waals surface area contributed by atoms with Gasteiger partial charge in [0.25, 0.3) is 23.6 Å². The number of hydrogen-bond acceptors (Lipinski definition) is 18. The van der Waals surface area contributed by atoms with E-state index in [2.05, 4.69) is 46.5 Å². The van der Waals surface area contributed by atoms with E-state index >= 15 is 0 Å². The fourth-order valence-electron chi connectivity index (χ4n) is 10.9. The van der Waals surface area contributed by atoms with Crippen LogP contribution in [0.5, 0.6) is 23.0 Å². The molecule has 0 saturated carbocycles. The molecule has 4 atom stereocenters. The Hall–Kier alpha value is -12.9. The number of amides is 6. The number of aryl methyl sites for hydroxylation is 4. The molecule has 0 fully saturated rings. The maximum atomic E-state index is 14.0. The van der Waals surface area contributed by atoms with Gasteiger partial charge in [-0.05, 0) is 194 Å². The van der Waals surface area contributed by atoms with Gasteiger partial charge in [0.15, 0.2) is 24.3 Å². The van der Waals surface area contributed by atoms with Gasteiger partial charge in [-0.15, -0.1) is 0 Å². The van der Waals surface area contributed by atoms with Crippen LogP contribution in [0.3, 0.4) is 0 Å². The van der Waals surface area contributed by atoms with E-state index in [4.69, 9.17) is 14.2 Å². The quantitative estimate of drug-likeness (QED) is 0.0446. The first-order valence-electron chi connectivity index (χ1n) is 32.1. The molecule has 10 aromatic rings. The Bertz CT molecular complexity index is 5090. The van der Waals surface area contributed by atoms with E-state index in [-0.39, 0.29) is 57.0 Å². The zero-order chi connectivity index (χ0) is 74.3. The lowest BCUT2D eigenvalue weighted by Gasteiger charge is -2.17. The van der Waals surface area contributed by atoms with E-state index in [9.17, 15) is 55.5 Å². The minimum absolute atomic E-state index is 0.0334. The SMILES string of the molecule is CC(=O)Nc1cccc(-c2nn(C3C(=O)N(c4ccc(NC(=O)C(C)Oc5ccc(S(=O)(=O)c6ccc(O)cc6)cc5)cc4)N=C3C)nc2C)c1.Cc1ccc(OC(C)C(=O)Nc2ccc(N3N=C(COc4ccccc4)C(n4nc(C)c(-c5cccc(NC(=O)C(F)(F)F)c5)n4)C3=O)cc2)c(C)c1. The van der Waals surface area contributed by atoms with Crippen LogP contribution in [0, 0.1) is 27.7 Å². The number of aromatic hydroxyl groups is 1. The molecule has 2 aliphatic rings. The lowest BCUT2D eigenvalue weighted by Crippen LogP contribution is -2.33. The molecule has 0 aliphatic carbocycles. The van der Waals surface area contributed by atoms with Gasteiger partial charge in [0.05, 0.1) is 38.3 Å². The lowest BCUT2D eigenvalue weighted by atomic mass is 10.1. The maximum absolute atomic E-state index is 14.0. The molecule has 4 heterocycles. The van der Waals surface area contributed by atoms with Crippen molar-refractivity contribution in [2.24, 2.45) is 10.2 Å². The standard InChI is InChI=1S/C38H34F3N7O5.C36H33N7O7S/c1-22-13-18-32(23(2)19-22)53-25(4)35(49)42-27-14-16-29(17-15-27)47-36(50)34(31(45-47)21-52-30-11-6-5-7-12-30)48-44-24(3)33(46-48)26-9-8-10-28(20-26)43-37(51)38(39,40)41;1-21-33(25-6-5-7-27(20-25)37-24(4)44)41-43(40-21)34-22(2)39-42(36(34)47)28-10-8-26(9-11-28)38-35(46)23(3)50-30-14-18-32(19-15-30)51(48,49)31-16-12-29(45)13-17-31/h5-20,25,34H,21H2,1-4H3,(H,42,49)(H,43,51);5-20,23,34,45H,1-4H3,(H,37,44)(H,38,46). The molecule has 8 aromatic carbocycles. The number of para-hydroxylation sites is 1. The van der Waals surface area contributed by atoms with Crippen LogP contribution in [-0.4, -0.2) is 115 Å². The predicted molar refractivity (Wildman–Crippen MR) is 381 cm³/mol. The molecule has 532 valence electrons. The second-order valence-electron chi connectivity index (χ2n) is 24.1. The van der Waals surface area contributed by atoms with Crippen LogP contribution in [-0.2, 0) is 38.6 Å². The highest BCUT2D eigenvalue weighted by Crippen LogP contribution is 2.34. The largest absolute Gasteiger partial charge is 0.508 e. The van der Waals surface area contributed by atoms with Crippen molar-refractivity contribution >= 4 is 90.8 Å². The summed E-state index contributed by atoms with van der Waals surface area (Å²) in [6.07, 6.45) is -6.78. The van der Waals surface area contributed by atoms with Crippen molar-refractivity contribution in [1.82, 2.24) is 30.0 Å². The van der Waals surface area contributed by atoms with Crippen LogP contribution in [0.1, 0.15) is 62.3 Å². The Balaban J connectivity index is 0.000000208. The molecule has 5 N–H and O–H groups in total. The average molecular weight is 1430 g/mol. The van der Waals surface area contributed by atoms with Crippen molar-refractivity contribution in [3.8, 4) is 45.5 Å². The Morgan fingerprint density at radius 2 is 1.04 bits per heavy atom. The van der Waals surface area contributed by atoms with Crippen LogP contribution in [0.2, 0.25) is 0 Å². The number of phenolic OH excluding ortho intramolecular Hbond substituents is 1. The maximum Gasteiger partial charge on any atom is 0.471 e. The van der Waals surface area contributed by atoms with Crippen LogP contribution in [0.4, 0.5) is 47.3 Å². The summed E-state index contributed by atoms with van der Waals surface area (Å²) in [6.45, 7) is 13.6. The molecule has 0 bridgehead atoms. The topological polar surface area (TPSA) is 325 Å². The van der Waals surface area contributed by atoms with Crippen molar-refractivity contribution in [1.29, 1.82) is 0 Å². The minimum Gasteiger partial charge on any atom is -0.508 e. The van der Waals surface area contributed by atoms with E-state index in [0.717, 1.165) is 16.7 Å². The average Bonchev–Trinajstić information content (AvgIpc) is 1.61. The lowest BCUT2D eigenvalue weighted by molar-refractivity contribution is -0.167. The molecule has 2 aromatic heterocycles. The molecule has 0 radical (unpaired) electrons. The van der Waals surface area contributed by atoms with Crippen molar-refractivity contribution in [2.75, 3.05) is 37.9 Å². The molecule has 104 heavy (non-hydrogen) atoms. The number of carbonyl (C=O) groups is 6. The predicted octanol–water partition coefficient (Wildman–Crippen LogP) is 11.9. The Morgan fingerprint density at radius 3 is 1.57 bits per heavy atom. The summed E-state index contributed by atoms with van der Waals surface area (Å²) >= 11 is 0. The third-order valence-corrected chi connectivity index (χ3v) is 17.9. The molecule has 12 rings (SSSR count). The van der Waals surface area contributed by atoms with Gasteiger partial charge < -0.3 is 40.6 Å². The third kappa shape index (κ3) is 16.8. The summed E-state index contributed by atoms with van der Waals surface area (Å²) in [5.41, 5.74) is 7.98. The number of hydrazone groups is 2. The molecule has 0 saturated heterocycles. The van der Waals surface area contributed by atoms with Gasteiger partial charge in [0, 0.05) is 40.8 Å². The van der Waals surface area contributed by atoms with Gasteiger partial charge >= 0.3 is 12.1 Å². The van der Waals surface area contributed by atoms with Crippen molar-refractivity contribution in [3.63, 3.8) is 0 Å². The van der Waals surface area contributed by atoms with Gasteiger partial charge in [0.1, 0.15) is 46.7 Å². The number of benzene rings is 8. The first-order valence-corrected chi connectivity index (χ1v) is 33.6. The van der Waals surface area contributed by atoms with Gasteiger partial charge in [-0.3, -0.25) is 28.8 Å². The number of carbonyl (C=O) groups excluding carboxylic acids is 6. The van der Waals surface area contributed by atoms with Crippen molar-refractivity contribution < 1.29 is 69.7 Å². The monoisotopic (exact) mass is 1430 g/mol. The van der Waals surface area contributed by atoms with Crippen molar-refractivity contribution in [3.05, 3.63) is 217 Å². The highest BCUT2D eigenvalue weighted by Gasteiger charge is 2.42. The molecule has 0 spiro atoms. The summed E-state index contributed by atoms with van der Waals surface area (Å²) in [6, 6.07) is 49.5. The number of anilines is 6. The highest BCUT2D eigenvalue weighted by atomic mass is 32.2. The highest BCUT2D eigenvalue weighted by molar-refractivity contribution is 7.91. The molecule has 4 unspecified atom stereocenters. The number of phenols is 1. The van der Waals surface area contributed by atoms with E-state index in [0.29, 0.717) is 74.0 Å². The number of rotatable bonds is 21. The second kappa shape index (κ2) is 30.5. The number of nitrogens with one attached hydrogen (secondary N) is 4. The Morgan fingerprint density at radius 1 is 0.538 bits per heavy atom. The fourth-order valence-corrected chi connectivity index (χ4v) is 12.2. The number of sulfone groups is 1. The first kappa shape index (κ1) is 72.4. The van der Waals surface area contributed by atoms with Gasteiger partial charge in [-0.25, -0.2) is 8.42 Å². The Labute approximate surface area is 593 Å². The zero-order valence-electron chi connectivity index (χ0n) is 56.9. The molecule has 2 aliphatic heterocycles. The molecular formula is C74H67F3N14O12S. The van der Waals surface area contributed by atoms with Crippen LogP contribution < -0.4 is 45.5 Å². The molecular weight excluding hydrogens is 1370 g/mol. The molecule has 30 heteroatoms. The Kier molecular flexibility index (Phi) is 21.3. The third-order valence-electron chi connectivity index (χ3n) is 16.1. The number of nitrogens with zero attached hydrogens (tertiary/aromatic N) is 10. The van der Waals surface area contributed by atoms with Crippen LogP contribution in [0.25, 0.3) is 22.5 Å². The fraction of sp³-hybridized carbons (Fsp3) is 0.189. The van der Waals surface area contributed by atoms with E-state index in [1.165, 1.54) is 93.3 Å². The van der Waals surface area contributed by atoms with Gasteiger partial charge in [-0.2, -0.15) is 63.4 Å². The van der Waals surface area contributed by atoms with Crippen molar-refractivity contribution in [2.45, 2.75) is 95.6 Å². The van der Waals surface area contributed by atoms with E-state index in [1.807, 2.05) is 49.5 Å². The molecule has 6 amide bonds. The molecule has 26 nitrogen and oxygen atoms in total. The second-order valence-corrected chi connectivity index (χ2v) is 26.0.